The summed E-state index contributed by atoms with van der Waals surface area (Å²) < 4.78 is 5.17. The number of carbonyl (C=O) groups excluding carboxylic acids is 1. The highest BCUT2D eigenvalue weighted by Gasteiger charge is 2.16. The Balaban J connectivity index is 1.92. The average Bonchev–Trinajstić information content (AvgIpc) is 2.92. The molecule has 0 bridgehead atoms. The molecule has 21 heavy (non-hydrogen) atoms. The summed E-state index contributed by atoms with van der Waals surface area (Å²) in [5, 5.41) is 10.7. The van der Waals surface area contributed by atoms with Gasteiger partial charge in [0.15, 0.2) is 5.13 Å². The lowest BCUT2D eigenvalue weighted by molar-refractivity contribution is -0.136. The minimum atomic E-state index is -0.957. The zero-order valence-corrected chi connectivity index (χ0v) is 12.2. The Bertz CT molecular complexity index is 627. The number of aromatic nitrogens is 1. The molecule has 0 aliphatic heterocycles. The second kappa shape index (κ2) is 6.85. The third-order valence-electron chi connectivity index (χ3n) is 2.64. The molecule has 1 aromatic carbocycles. The Morgan fingerprint density at radius 2 is 2.05 bits per heavy atom. The molecule has 2 aromatic rings. The van der Waals surface area contributed by atoms with Gasteiger partial charge in [-0.05, 0) is 5.56 Å². The number of carbonyl (C=O) groups is 2. The molecule has 0 radical (unpaired) electrons. The number of nitrogens with zero attached hydrogens (tertiary/aromatic N) is 2. The van der Waals surface area contributed by atoms with Crippen LogP contribution in [0.25, 0.3) is 0 Å². The number of hydrogen-bond donors (Lipinski definition) is 1. The molecule has 1 heterocycles. The smallest absolute Gasteiger partial charge is 0.416 e. The van der Waals surface area contributed by atoms with Gasteiger partial charge in [-0.2, -0.15) is 0 Å². The van der Waals surface area contributed by atoms with Crippen LogP contribution in [0.2, 0.25) is 0 Å². The van der Waals surface area contributed by atoms with Gasteiger partial charge >= 0.3 is 12.1 Å². The quantitative estimate of drug-likeness (QED) is 0.918. The zero-order valence-electron chi connectivity index (χ0n) is 11.4. The molecule has 1 amide bonds. The Hall–Kier alpha value is -2.41. The van der Waals surface area contributed by atoms with Crippen molar-refractivity contribution < 1.29 is 19.4 Å². The van der Waals surface area contributed by atoms with Gasteiger partial charge < -0.3 is 9.84 Å². The molecule has 0 atom stereocenters. The second-order valence-corrected chi connectivity index (χ2v) is 5.13. The van der Waals surface area contributed by atoms with Gasteiger partial charge in [0.2, 0.25) is 0 Å². The van der Waals surface area contributed by atoms with Crippen LogP contribution in [0.3, 0.4) is 0 Å². The molecule has 0 aliphatic rings. The molecular weight excluding hydrogens is 292 g/mol. The van der Waals surface area contributed by atoms with Gasteiger partial charge in [0, 0.05) is 12.4 Å². The van der Waals surface area contributed by atoms with E-state index in [0.29, 0.717) is 10.8 Å². The molecule has 110 valence electrons. The lowest BCUT2D eigenvalue weighted by Gasteiger charge is -2.13. The molecule has 0 saturated carbocycles. The highest BCUT2D eigenvalue weighted by Crippen LogP contribution is 2.20. The number of benzene rings is 1. The van der Waals surface area contributed by atoms with Crippen LogP contribution >= 0.6 is 11.3 Å². The number of carboxylic acids is 1. The summed E-state index contributed by atoms with van der Waals surface area (Å²) in [6, 6.07) is 9.35. The first-order valence-corrected chi connectivity index (χ1v) is 7.05. The zero-order chi connectivity index (χ0) is 15.2. The van der Waals surface area contributed by atoms with E-state index >= 15 is 0 Å². The Kier molecular flexibility index (Phi) is 4.89. The van der Waals surface area contributed by atoms with Gasteiger partial charge in [0.05, 0.1) is 12.1 Å². The number of amides is 1. The van der Waals surface area contributed by atoms with E-state index in [0.717, 1.165) is 5.56 Å². The maximum atomic E-state index is 11.9. The summed E-state index contributed by atoms with van der Waals surface area (Å²) in [5.41, 5.74) is 1.31. The molecular formula is C14H14N2O4S. The lowest BCUT2D eigenvalue weighted by Crippen LogP contribution is -2.26. The molecule has 0 saturated heterocycles. The highest BCUT2D eigenvalue weighted by molar-refractivity contribution is 7.14. The summed E-state index contributed by atoms with van der Waals surface area (Å²) >= 11 is 1.20. The van der Waals surface area contributed by atoms with E-state index < -0.39 is 12.1 Å². The molecule has 0 aliphatic carbocycles. The fraction of sp³-hybridized carbons (Fsp3) is 0.214. The van der Waals surface area contributed by atoms with Crippen LogP contribution in [0.15, 0.2) is 35.7 Å². The number of aliphatic carboxylic acids is 1. The maximum Gasteiger partial charge on any atom is 0.416 e. The fourth-order valence-electron chi connectivity index (χ4n) is 1.58. The Morgan fingerprint density at radius 1 is 1.33 bits per heavy atom. The molecule has 7 heteroatoms. The molecule has 0 spiro atoms. The van der Waals surface area contributed by atoms with Crippen molar-refractivity contribution >= 4 is 28.5 Å². The largest absolute Gasteiger partial charge is 0.481 e. The first-order valence-electron chi connectivity index (χ1n) is 6.17. The number of hydrogen-bond acceptors (Lipinski definition) is 5. The predicted molar refractivity (Wildman–Crippen MR) is 78.5 cm³/mol. The van der Waals surface area contributed by atoms with E-state index in [-0.39, 0.29) is 13.0 Å². The van der Waals surface area contributed by atoms with Crippen molar-refractivity contribution in [3.8, 4) is 0 Å². The molecule has 6 nitrogen and oxygen atoms in total. The van der Waals surface area contributed by atoms with Crippen LogP contribution in [0, 0.1) is 0 Å². The van der Waals surface area contributed by atoms with Crippen LogP contribution in [-0.4, -0.2) is 29.2 Å². The predicted octanol–water partition coefficient (Wildman–Crippen LogP) is 2.54. The normalized spacial score (nSPS) is 10.1. The third-order valence-corrected chi connectivity index (χ3v) is 3.60. The van der Waals surface area contributed by atoms with Gasteiger partial charge in [-0.3, -0.25) is 9.69 Å². The highest BCUT2D eigenvalue weighted by atomic mass is 32.1. The SMILES string of the molecule is CN(C(=O)OCc1ccccc1)c1nc(CC(=O)O)cs1. The first kappa shape index (κ1) is 15.0. The van der Waals surface area contributed by atoms with Gasteiger partial charge in [0.1, 0.15) is 6.61 Å². The number of rotatable bonds is 5. The summed E-state index contributed by atoms with van der Waals surface area (Å²) in [5.74, 6) is -0.957. The summed E-state index contributed by atoms with van der Waals surface area (Å²) in [7, 11) is 1.54. The summed E-state index contributed by atoms with van der Waals surface area (Å²) in [6.45, 7) is 0.178. The van der Waals surface area contributed by atoms with Crippen LogP contribution in [0.1, 0.15) is 11.3 Å². The molecule has 2 rings (SSSR count). The van der Waals surface area contributed by atoms with E-state index in [1.807, 2.05) is 30.3 Å². The second-order valence-electron chi connectivity index (χ2n) is 4.29. The Labute approximate surface area is 125 Å². The van der Waals surface area contributed by atoms with Crippen LogP contribution in [0.5, 0.6) is 0 Å². The number of ether oxygens (including phenoxy) is 1. The third kappa shape index (κ3) is 4.28. The minimum Gasteiger partial charge on any atom is -0.481 e. The van der Waals surface area contributed by atoms with Crippen molar-refractivity contribution in [3.05, 3.63) is 47.0 Å². The molecule has 0 unspecified atom stereocenters. The van der Waals surface area contributed by atoms with Gasteiger partial charge in [-0.15, -0.1) is 11.3 Å². The monoisotopic (exact) mass is 306 g/mol. The number of anilines is 1. The van der Waals surface area contributed by atoms with E-state index in [2.05, 4.69) is 4.98 Å². The number of thiazole rings is 1. The lowest BCUT2D eigenvalue weighted by atomic mass is 10.2. The van der Waals surface area contributed by atoms with Gasteiger partial charge in [-0.25, -0.2) is 9.78 Å². The van der Waals surface area contributed by atoms with Crippen molar-refractivity contribution in [2.45, 2.75) is 13.0 Å². The van der Waals surface area contributed by atoms with Crippen LogP contribution in [0.4, 0.5) is 9.93 Å². The molecule has 0 fully saturated rings. The number of carboxylic acid groups (broad SMARTS) is 1. The summed E-state index contributed by atoms with van der Waals surface area (Å²) in [6.07, 6.45) is -0.696. The average molecular weight is 306 g/mol. The standard InChI is InChI=1S/C14H14N2O4S/c1-16(13-15-11(9-21-13)7-12(17)18)14(19)20-8-10-5-3-2-4-6-10/h2-6,9H,7-8H2,1H3,(H,17,18). The minimum absolute atomic E-state index is 0.163. The van der Waals surface area contributed by atoms with E-state index in [4.69, 9.17) is 9.84 Å². The van der Waals surface area contributed by atoms with Crippen molar-refractivity contribution in [1.29, 1.82) is 0 Å². The van der Waals surface area contributed by atoms with E-state index in [1.165, 1.54) is 23.3 Å². The van der Waals surface area contributed by atoms with E-state index in [1.54, 1.807) is 5.38 Å². The van der Waals surface area contributed by atoms with E-state index in [9.17, 15) is 9.59 Å². The summed E-state index contributed by atoms with van der Waals surface area (Å²) in [4.78, 5) is 27.9. The van der Waals surface area contributed by atoms with Gasteiger partial charge in [0.25, 0.3) is 0 Å². The van der Waals surface area contributed by atoms with Crippen molar-refractivity contribution in [2.75, 3.05) is 11.9 Å². The van der Waals surface area contributed by atoms with Crippen molar-refractivity contribution in [3.63, 3.8) is 0 Å². The van der Waals surface area contributed by atoms with Crippen molar-refractivity contribution in [2.24, 2.45) is 0 Å². The fourth-order valence-corrected chi connectivity index (χ4v) is 2.36. The van der Waals surface area contributed by atoms with Gasteiger partial charge in [-0.1, -0.05) is 30.3 Å². The Morgan fingerprint density at radius 3 is 2.71 bits per heavy atom. The van der Waals surface area contributed by atoms with Crippen molar-refractivity contribution in [1.82, 2.24) is 4.98 Å². The van der Waals surface area contributed by atoms with Crippen LogP contribution in [-0.2, 0) is 22.6 Å². The van der Waals surface area contributed by atoms with Crippen LogP contribution < -0.4 is 4.90 Å². The topological polar surface area (TPSA) is 79.7 Å². The molecule has 1 aromatic heterocycles. The molecule has 1 N–H and O–H groups in total. The first-order chi connectivity index (χ1) is 10.1. The maximum absolute atomic E-state index is 11.9.